The Kier molecular flexibility index (Phi) is 8.68. The van der Waals surface area contributed by atoms with Gasteiger partial charge in [-0.15, -0.1) is 0 Å². The lowest BCUT2D eigenvalue weighted by molar-refractivity contribution is -0.0702. The maximum atomic E-state index is 15.6. The number of anilines is 1. The van der Waals surface area contributed by atoms with E-state index in [-0.39, 0.29) is 24.5 Å². The summed E-state index contributed by atoms with van der Waals surface area (Å²) < 4.78 is 106. The molecule has 0 aliphatic heterocycles. The fraction of sp³-hybridized carbons (Fsp3) is 0.345. The average molecular weight is 636 g/mol. The molecule has 2 heterocycles. The van der Waals surface area contributed by atoms with Crippen molar-refractivity contribution in [2.45, 2.75) is 48.6 Å². The molecule has 2 unspecified atom stereocenters. The standard InChI is InChI=1S/C29H29F4N5O5S/c1-37-23(7-11-36-37)20-15-29(32,33)9-6-24(20)43-26-13-22(31)27(14-21(26)30)44(39,40)38(28-8-10-34-17-35-28)16-18-4-5-19(41-2)12-25(18)42-3/h4-5,7-8,10-14,17,20,24H,6,9,15-16H2,1-3H3. The maximum absolute atomic E-state index is 15.6. The van der Waals surface area contributed by atoms with Crippen LogP contribution in [-0.4, -0.2) is 54.4 Å². The van der Waals surface area contributed by atoms with Crippen molar-refractivity contribution in [3.05, 3.63) is 84.1 Å². The predicted octanol–water partition coefficient (Wildman–Crippen LogP) is 5.25. The quantitative estimate of drug-likeness (QED) is 0.218. The first-order valence-corrected chi connectivity index (χ1v) is 14.9. The molecule has 0 N–H and O–H groups in total. The molecule has 10 nitrogen and oxygen atoms in total. The van der Waals surface area contributed by atoms with Crippen molar-refractivity contribution in [1.82, 2.24) is 19.7 Å². The molecule has 4 aromatic rings. The summed E-state index contributed by atoms with van der Waals surface area (Å²) in [7, 11) is -0.353. The summed E-state index contributed by atoms with van der Waals surface area (Å²) in [6, 6.07) is 8.70. The van der Waals surface area contributed by atoms with Gasteiger partial charge in [-0.25, -0.2) is 40.3 Å². The van der Waals surface area contributed by atoms with E-state index in [9.17, 15) is 17.2 Å². The lowest BCUT2D eigenvalue weighted by Gasteiger charge is -2.36. The van der Waals surface area contributed by atoms with Crippen LogP contribution in [0.25, 0.3) is 0 Å². The van der Waals surface area contributed by atoms with Crippen LogP contribution in [0.3, 0.4) is 0 Å². The molecule has 1 aliphatic rings. The zero-order valence-electron chi connectivity index (χ0n) is 24.0. The summed E-state index contributed by atoms with van der Waals surface area (Å²) in [5, 5.41) is 4.03. The molecule has 0 bridgehead atoms. The highest BCUT2D eigenvalue weighted by Crippen LogP contribution is 2.44. The molecule has 15 heteroatoms. The highest BCUT2D eigenvalue weighted by Gasteiger charge is 2.44. The summed E-state index contributed by atoms with van der Waals surface area (Å²) in [5.74, 6) is -6.31. The number of hydrogen-bond donors (Lipinski definition) is 0. The molecule has 5 rings (SSSR count). The van der Waals surface area contributed by atoms with Gasteiger partial charge >= 0.3 is 0 Å². The Labute approximate surface area is 251 Å². The number of nitrogens with zero attached hydrogens (tertiary/aromatic N) is 5. The number of sulfonamides is 1. The molecule has 2 aromatic heterocycles. The van der Waals surface area contributed by atoms with Gasteiger partial charge in [-0.3, -0.25) is 4.68 Å². The molecule has 0 amide bonds. The van der Waals surface area contributed by atoms with Gasteiger partial charge in [0.25, 0.3) is 10.0 Å². The first-order chi connectivity index (χ1) is 20.9. The summed E-state index contributed by atoms with van der Waals surface area (Å²) in [4.78, 5) is 6.84. The second-order valence-electron chi connectivity index (χ2n) is 10.2. The van der Waals surface area contributed by atoms with Gasteiger partial charge in [0.1, 0.15) is 40.5 Å². The SMILES string of the molecule is COc1ccc(CN(c2ccncn2)S(=O)(=O)c2cc(F)c(OC3CCC(F)(F)CC3c3ccnn3C)cc2F)c(OC)c1. The average Bonchev–Trinajstić information content (AvgIpc) is 3.43. The number of aryl methyl sites for hydroxylation is 1. The van der Waals surface area contributed by atoms with E-state index < -0.39 is 63.1 Å². The van der Waals surface area contributed by atoms with Crippen LogP contribution in [0.5, 0.6) is 17.2 Å². The molecule has 0 spiro atoms. The van der Waals surface area contributed by atoms with Crippen molar-refractivity contribution in [2.24, 2.45) is 7.05 Å². The zero-order valence-corrected chi connectivity index (χ0v) is 24.8. The van der Waals surface area contributed by atoms with Gasteiger partial charge < -0.3 is 14.2 Å². The van der Waals surface area contributed by atoms with Crippen LogP contribution in [0.1, 0.15) is 36.4 Å². The molecule has 2 atom stereocenters. The first kappa shape index (κ1) is 31.0. The van der Waals surface area contributed by atoms with Crippen LogP contribution in [0.4, 0.5) is 23.4 Å². The van der Waals surface area contributed by atoms with E-state index in [1.165, 1.54) is 37.4 Å². The Morgan fingerprint density at radius 2 is 1.82 bits per heavy atom. The number of rotatable bonds is 10. The fourth-order valence-corrected chi connectivity index (χ4v) is 6.69. The number of benzene rings is 2. The molecule has 0 saturated heterocycles. The lowest BCUT2D eigenvalue weighted by Crippen LogP contribution is -2.38. The van der Waals surface area contributed by atoms with Crippen molar-refractivity contribution < 1.29 is 40.2 Å². The van der Waals surface area contributed by atoms with Gasteiger partial charge in [-0.1, -0.05) is 0 Å². The third kappa shape index (κ3) is 6.27. The molecule has 1 aliphatic carbocycles. The van der Waals surface area contributed by atoms with Gasteiger partial charge in [0, 0.05) is 73.7 Å². The molecule has 234 valence electrons. The van der Waals surface area contributed by atoms with E-state index >= 15 is 8.78 Å². The minimum absolute atomic E-state index is 0.111. The summed E-state index contributed by atoms with van der Waals surface area (Å²) in [6.07, 6.45) is 1.70. The van der Waals surface area contributed by atoms with Crippen LogP contribution in [0.2, 0.25) is 0 Å². The molecule has 2 aromatic carbocycles. The molecule has 1 fully saturated rings. The monoisotopic (exact) mass is 635 g/mol. The van der Waals surface area contributed by atoms with E-state index in [2.05, 4.69) is 15.1 Å². The Balaban J connectivity index is 1.49. The summed E-state index contributed by atoms with van der Waals surface area (Å²) in [5.41, 5.74) is 0.829. The van der Waals surface area contributed by atoms with Crippen LogP contribution in [0, 0.1) is 11.6 Å². The number of hydrogen-bond acceptors (Lipinski definition) is 8. The van der Waals surface area contributed by atoms with E-state index in [0.29, 0.717) is 29.1 Å². The van der Waals surface area contributed by atoms with Gasteiger partial charge in [0.15, 0.2) is 11.6 Å². The lowest BCUT2D eigenvalue weighted by atomic mass is 9.81. The van der Waals surface area contributed by atoms with Crippen molar-refractivity contribution in [3.63, 3.8) is 0 Å². The van der Waals surface area contributed by atoms with Gasteiger partial charge in [-0.2, -0.15) is 5.10 Å². The Morgan fingerprint density at radius 1 is 1.02 bits per heavy atom. The third-order valence-electron chi connectivity index (χ3n) is 7.46. The van der Waals surface area contributed by atoms with E-state index in [1.54, 1.807) is 31.3 Å². The highest BCUT2D eigenvalue weighted by molar-refractivity contribution is 7.92. The third-order valence-corrected chi connectivity index (χ3v) is 9.23. The minimum Gasteiger partial charge on any atom is -0.497 e. The number of alkyl halides is 2. The predicted molar refractivity (Wildman–Crippen MR) is 150 cm³/mol. The summed E-state index contributed by atoms with van der Waals surface area (Å²) in [6.45, 7) is -0.367. The Morgan fingerprint density at radius 3 is 2.48 bits per heavy atom. The zero-order chi connectivity index (χ0) is 31.6. The Hall–Kier alpha value is -4.40. The fourth-order valence-electron chi connectivity index (χ4n) is 5.23. The Bertz CT molecular complexity index is 1740. The first-order valence-electron chi connectivity index (χ1n) is 13.4. The number of halogens is 4. The van der Waals surface area contributed by atoms with Crippen molar-refractivity contribution in [1.29, 1.82) is 0 Å². The van der Waals surface area contributed by atoms with E-state index in [4.69, 9.17) is 14.2 Å². The van der Waals surface area contributed by atoms with E-state index in [1.807, 2.05) is 0 Å². The number of aromatic nitrogens is 4. The van der Waals surface area contributed by atoms with Crippen molar-refractivity contribution in [3.8, 4) is 17.2 Å². The number of ether oxygens (including phenoxy) is 3. The van der Waals surface area contributed by atoms with Crippen LogP contribution in [0.15, 0.2) is 66.1 Å². The van der Waals surface area contributed by atoms with E-state index in [0.717, 1.165) is 10.6 Å². The van der Waals surface area contributed by atoms with Crippen molar-refractivity contribution >= 4 is 15.8 Å². The maximum Gasteiger partial charge on any atom is 0.268 e. The second-order valence-corrected chi connectivity index (χ2v) is 12.0. The van der Waals surface area contributed by atoms with Crippen LogP contribution >= 0.6 is 0 Å². The minimum atomic E-state index is -4.79. The normalized spacial score (nSPS) is 18.1. The van der Waals surface area contributed by atoms with Gasteiger partial charge in [0.05, 0.1) is 20.8 Å². The molecule has 0 radical (unpaired) electrons. The molecular weight excluding hydrogens is 606 g/mol. The molecule has 44 heavy (non-hydrogen) atoms. The smallest absolute Gasteiger partial charge is 0.268 e. The number of methoxy groups -OCH3 is 2. The second kappa shape index (κ2) is 12.3. The highest BCUT2D eigenvalue weighted by atomic mass is 32.2. The molecular formula is C29H29F4N5O5S. The van der Waals surface area contributed by atoms with Gasteiger partial charge in [0.2, 0.25) is 5.92 Å². The summed E-state index contributed by atoms with van der Waals surface area (Å²) >= 11 is 0. The van der Waals surface area contributed by atoms with Crippen LogP contribution < -0.4 is 18.5 Å². The largest absolute Gasteiger partial charge is 0.497 e. The van der Waals surface area contributed by atoms with Crippen molar-refractivity contribution in [2.75, 3.05) is 18.5 Å². The topological polar surface area (TPSA) is 109 Å². The van der Waals surface area contributed by atoms with Gasteiger partial charge in [-0.05, 0) is 24.6 Å². The molecule has 1 saturated carbocycles. The van der Waals surface area contributed by atoms with Crippen LogP contribution in [-0.2, 0) is 23.6 Å².